The van der Waals surface area contributed by atoms with Crippen molar-refractivity contribution in [2.24, 2.45) is 7.05 Å². The minimum absolute atomic E-state index is 0.281. The topological polar surface area (TPSA) is 65.8 Å². The Balaban J connectivity index is 3.31. The van der Waals surface area contributed by atoms with Gasteiger partial charge in [-0.3, -0.25) is 0 Å². The zero-order chi connectivity index (χ0) is 7.72. The number of hydrogen-bond acceptors (Lipinski definition) is 3. The van der Waals surface area contributed by atoms with Gasteiger partial charge in [0, 0.05) is 13.5 Å². The average Bonchev–Trinajstić information content (AvgIpc) is 2.17. The Kier molecular flexibility index (Phi) is 1.48. The molecule has 0 aromatic carbocycles. The fourth-order valence-electron chi connectivity index (χ4n) is 0.771. The quantitative estimate of drug-likeness (QED) is 0.504. The monoisotopic (exact) mass is 142 g/mol. The van der Waals surface area contributed by atoms with E-state index in [1.807, 2.05) is 6.92 Å². The molecule has 0 spiro atoms. The summed E-state index contributed by atoms with van der Waals surface area (Å²) in [6, 6.07) is 0. The van der Waals surface area contributed by atoms with E-state index in [2.05, 4.69) is 5.10 Å². The molecule has 5 heteroatoms. The SMILES string of the molecule is CCc1nn(C)c(=O)n1N. The van der Waals surface area contributed by atoms with E-state index in [0.29, 0.717) is 12.2 Å². The van der Waals surface area contributed by atoms with Gasteiger partial charge >= 0.3 is 5.69 Å². The minimum atomic E-state index is -0.281. The summed E-state index contributed by atoms with van der Waals surface area (Å²) in [6.45, 7) is 1.89. The van der Waals surface area contributed by atoms with Crippen molar-refractivity contribution in [3.63, 3.8) is 0 Å². The lowest BCUT2D eigenvalue weighted by Crippen LogP contribution is -2.29. The lowest BCUT2D eigenvalue weighted by atomic mass is 10.5. The van der Waals surface area contributed by atoms with E-state index >= 15 is 0 Å². The second-order valence-corrected chi connectivity index (χ2v) is 2.05. The highest BCUT2D eigenvalue weighted by atomic mass is 16.2. The van der Waals surface area contributed by atoms with Crippen LogP contribution in [0.25, 0.3) is 0 Å². The van der Waals surface area contributed by atoms with Crippen molar-refractivity contribution < 1.29 is 0 Å². The molecule has 0 fully saturated rings. The van der Waals surface area contributed by atoms with E-state index in [1.54, 1.807) is 7.05 Å². The third kappa shape index (κ3) is 0.792. The molecule has 56 valence electrons. The first-order chi connectivity index (χ1) is 4.66. The van der Waals surface area contributed by atoms with E-state index in [0.717, 1.165) is 4.68 Å². The molecule has 0 radical (unpaired) electrons. The molecule has 0 aliphatic carbocycles. The Morgan fingerprint density at radius 2 is 2.30 bits per heavy atom. The minimum Gasteiger partial charge on any atom is -0.333 e. The van der Waals surface area contributed by atoms with Gasteiger partial charge in [-0.05, 0) is 0 Å². The van der Waals surface area contributed by atoms with Crippen molar-refractivity contribution in [3.05, 3.63) is 16.3 Å². The Labute approximate surface area is 58.0 Å². The molecular formula is C5H10N4O. The molecule has 1 aromatic heterocycles. The molecule has 1 heterocycles. The van der Waals surface area contributed by atoms with Crippen LogP contribution in [-0.2, 0) is 13.5 Å². The summed E-state index contributed by atoms with van der Waals surface area (Å²) in [6.07, 6.45) is 0.673. The highest BCUT2D eigenvalue weighted by molar-refractivity contribution is 4.85. The number of aromatic nitrogens is 3. The Hall–Kier alpha value is -1.26. The van der Waals surface area contributed by atoms with Crippen molar-refractivity contribution in [2.45, 2.75) is 13.3 Å². The molecule has 0 atom stereocenters. The number of nitrogens with zero attached hydrogens (tertiary/aromatic N) is 3. The first-order valence-electron chi connectivity index (χ1n) is 3.06. The highest BCUT2D eigenvalue weighted by Gasteiger charge is 2.03. The van der Waals surface area contributed by atoms with Crippen molar-refractivity contribution in [1.82, 2.24) is 14.5 Å². The standard InChI is InChI=1S/C5H10N4O/c1-3-4-7-8(2)5(10)9(4)6/h3,6H2,1-2H3. The number of aryl methyl sites for hydroxylation is 2. The van der Waals surface area contributed by atoms with Gasteiger partial charge in [0.05, 0.1) is 0 Å². The second kappa shape index (κ2) is 2.17. The number of hydrogen-bond donors (Lipinski definition) is 1. The van der Waals surface area contributed by atoms with Crippen LogP contribution in [0.1, 0.15) is 12.7 Å². The summed E-state index contributed by atoms with van der Waals surface area (Å²) < 4.78 is 2.28. The Morgan fingerprint density at radius 1 is 1.70 bits per heavy atom. The maximum absolute atomic E-state index is 10.9. The predicted octanol–water partition coefficient (Wildman–Crippen LogP) is -1.14. The van der Waals surface area contributed by atoms with Crippen LogP contribution in [-0.4, -0.2) is 14.5 Å². The summed E-state index contributed by atoms with van der Waals surface area (Å²) in [4.78, 5) is 10.9. The maximum atomic E-state index is 10.9. The maximum Gasteiger partial charge on any atom is 0.364 e. The zero-order valence-electron chi connectivity index (χ0n) is 6.03. The van der Waals surface area contributed by atoms with E-state index in [9.17, 15) is 4.79 Å². The van der Waals surface area contributed by atoms with E-state index < -0.39 is 0 Å². The number of nitrogens with two attached hydrogens (primary N) is 1. The Bertz CT molecular complexity index is 284. The summed E-state index contributed by atoms with van der Waals surface area (Å²) >= 11 is 0. The molecule has 10 heavy (non-hydrogen) atoms. The zero-order valence-corrected chi connectivity index (χ0v) is 6.03. The van der Waals surface area contributed by atoms with Crippen LogP contribution >= 0.6 is 0 Å². The van der Waals surface area contributed by atoms with Crippen LogP contribution < -0.4 is 11.5 Å². The lowest BCUT2D eigenvalue weighted by Gasteiger charge is -1.89. The third-order valence-electron chi connectivity index (χ3n) is 1.34. The normalized spacial score (nSPS) is 10.2. The van der Waals surface area contributed by atoms with Gasteiger partial charge in [-0.25, -0.2) is 9.48 Å². The summed E-state index contributed by atoms with van der Waals surface area (Å²) in [7, 11) is 1.57. The summed E-state index contributed by atoms with van der Waals surface area (Å²) in [5, 5.41) is 3.87. The van der Waals surface area contributed by atoms with Crippen LogP contribution in [0, 0.1) is 0 Å². The smallest absolute Gasteiger partial charge is 0.333 e. The molecular weight excluding hydrogens is 132 g/mol. The molecule has 0 unspecified atom stereocenters. The van der Waals surface area contributed by atoms with Gasteiger partial charge in [-0.15, -0.1) is 0 Å². The summed E-state index contributed by atoms with van der Waals surface area (Å²) in [5.74, 6) is 5.94. The molecule has 0 saturated heterocycles. The molecule has 5 nitrogen and oxygen atoms in total. The van der Waals surface area contributed by atoms with Gasteiger partial charge in [0.15, 0.2) is 5.82 Å². The molecule has 0 aliphatic heterocycles. The van der Waals surface area contributed by atoms with E-state index in [-0.39, 0.29) is 5.69 Å². The molecule has 0 saturated carbocycles. The Morgan fingerprint density at radius 3 is 2.50 bits per heavy atom. The van der Waals surface area contributed by atoms with Crippen LogP contribution in [0.4, 0.5) is 0 Å². The molecule has 0 aliphatic rings. The van der Waals surface area contributed by atoms with Gasteiger partial charge < -0.3 is 5.84 Å². The summed E-state index contributed by atoms with van der Waals surface area (Å²) in [5.41, 5.74) is -0.281. The van der Waals surface area contributed by atoms with Gasteiger partial charge in [-0.2, -0.15) is 9.77 Å². The van der Waals surface area contributed by atoms with Crippen LogP contribution in [0.5, 0.6) is 0 Å². The van der Waals surface area contributed by atoms with Gasteiger partial charge in [-0.1, -0.05) is 6.92 Å². The molecule has 2 N–H and O–H groups in total. The third-order valence-corrected chi connectivity index (χ3v) is 1.34. The van der Waals surface area contributed by atoms with Gasteiger partial charge in [0.1, 0.15) is 0 Å². The van der Waals surface area contributed by atoms with Gasteiger partial charge in [0.2, 0.25) is 0 Å². The van der Waals surface area contributed by atoms with E-state index in [4.69, 9.17) is 5.84 Å². The van der Waals surface area contributed by atoms with Crippen LogP contribution in [0.2, 0.25) is 0 Å². The van der Waals surface area contributed by atoms with Crippen molar-refractivity contribution in [1.29, 1.82) is 0 Å². The second-order valence-electron chi connectivity index (χ2n) is 2.05. The molecule has 0 amide bonds. The van der Waals surface area contributed by atoms with Crippen molar-refractivity contribution in [3.8, 4) is 0 Å². The fraction of sp³-hybridized carbons (Fsp3) is 0.600. The molecule has 1 aromatic rings. The largest absolute Gasteiger partial charge is 0.364 e. The average molecular weight is 142 g/mol. The number of nitrogen functional groups attached to an aromatic ring is 1. The lowest BCUT2D eigenvalue weighted by molar-refractivity contribution is 0.717. The van der Waals surface area contributed by atoms with Crippen LogP contribution in [0.15, 0.2) is 4.79 Å². The predicted molar refractivity (Wildman–Crippen MR) is 37.0 cm³/mol. The fourth-order valence-corrected chi connectivity index (χ4v) is 0.771. The van der Waals surface area contributed by atoms with Crippen molar-refractivity contribution in [2.75, 3.05) is 5.84 Å². The first kappa shape index (κ1) is 6.85. The molecule has 1 rings (SSSR count). The van der Waals surface area contributed by atoms with Crippen molar-refractivity contribution >= 4 is 0 Å². The highest BCUT2D eigenvalue weighted by Crippen LogP contribution is 1.85. The molecule has 0 bridgehead atoms. The first-order valence-corrected chi connectivity index (χ1v) is 3.06. The van der Waals surface area contributed by atoms with Gasteiger partial charge in [0.25, 0.3) is 0 Å². The van der Waals surface area contributed by atoms with Crippen LogP contribution in [0.3, 0.4) is 0 Å². The van der Waals surface area contributed by atoms with E-state index in [1.165, 1.54) is 4.68 Å². The number of rotatable bonds is 1.